The van der Waals surface area contributed by atoms with Gasteiger partial charge in [0, 0.05) is 5.54 Å². The minimum Gasteiger partial charge on any atom is -0.321 e. The normalized spacial score (nSPS) is 11.4. The van der Waals surface area contributed by atoms with Gasteiger partial charge in [0.1, 0.15) is 0 Å². The highest BCUT2D eigenvalue weighted by Gasteiger charge is 2.25. The third-order valence-electron chi connectivity index (χ3n) is 4.32. The third kappa shape index (κ3) is 3.66. The molecular formula is C21H27N. The van der Waals surface area contributed by atoms with E-state index in [9.17, 15) is 0 Å². The Morgan fingerprint density at radius 1 is 0.864 bits per heavy atom. The van der Waals surface area contributed by atoms with Crippen LogP contribution in [0.4, 0.5) is 0 Å². The van der Waals surface area contributed by atoms with E-state index in [1.54, 1.807) is 0 Å². The molecule has 22 heavy (non-hydrogen) atoms. The van der Waals surface area contributed by atoms with E-state index in [4.69, 9.17) is 5.73 Å². The van der Waals surface area contributed by atoms with Gasteiger partial charge in [-0.05, 0) is 35.1 Å². The Balaban J connectivity index is 2.24. The zero-order chi connectivity index (χ0) is 16.0. The van der Waals surface area contributed by atoms with Crippen LogP contribution in [0.3, 0.4) is 0 Å². The Labute approximate surface area is 134 Å². The van der Waals surface area contributed by atoms with Crippen molar-refractivity contribution in [2.45, 2.75) is 45.1 Å². The molecule has 0 spiro atoms. The molecule has 0 aliphatic rings. The van der Waals surface area contributed by atoms with Crippen LogP contribution in [0.2, 0.25) is 0 Å². The molecule has 0 amide bonds. The molecule has 0 aliphatic carbocycles. The SMILES string of the molecule is C=C(c1ccccc1)c1ccc(C(N)(CCC)CCC)cc1. The van der Waals surface area contributed by atoms with Gasteiger partial charge in [0.25, 0.3) is 0 Å². The number of benzene rings is 2. The molecule has 0 bridgehead atoms. The lowest BCUT2D eigenvalue weighted by Crippen LogP contribution is -2.36. The maximum Gasteiger partial charge on any atom is 0.0409 e. The minimum absolute atomic E-state index is 0.198. The van der Waals surface area contributed by atoms with Crippen LogP contribution < -0.4 is 5.73 Å². The summed E-state index contributed by atoms with van der Waals surface area (Å²) in [6, 6.07) is 19.0. The van der Waals surface area contributed by atoms with Gasteiger partial charge in [-0.3, -0.25) is 0 Å². The average Bonchev–Trinajstić information content (AvgIpc) is 2.55. The van der Waals surface area contributed by atoms with E-state index in [-0.39, 0.29) is 5.54 Å². The summed E-state index contributed by atoms with van der Waals surface area (Å²) < 4.78 is 0. The van der Waals surface area contributed by atoms with E-state index in [0.717, 1.165) is 42.4 Å². The molecule has 2 aromatic rings. The van der Waals surface area contributed by atoms with Gasteiger partial charge in [-0.15, -0.1) is 0 Å². The summed E-state index contributed by atoms with van der Waals surface area (Å²) in [5.74, 6) is 0. The van der Waals surface area contributed by atoms with E-state index >= 15 is 0 Å². The second-order valence-electron chi connectivity index (χ2n) is 6.08. The summed E-state index contributed by atoms with van der Waals surface area (Å²) >= 11 is 0. The summed E-state index contributed by atoms with van der Waals surface area (Å²) in [5, 5.41) is 0. The van der Waals surface area contributed by atoms with E-state index in [1.165, 1.54) is 5.56 Å². The predicted molar refractivity (Wildman–Crippen MR) is 96.7 cm³/mol. The van der Waals surface area contributed by atoms with Gasteiger partial charge in [-0.1, -0.05) is 87.9 Å². The number of hydrogen-bond donors (Lipinski definition) is 1. The van der Waals surface area contributed by atoms with Gasteiger partial charge < -0.3 is 5.73 Å². The lowest BCUT2D eigenvalue weighted by atomic mass is 9.82. The summed E-state index contributed by atoms with van der Waals surface area (Å²) in [7, 11) is 0. The molecule has 2 rings (SSSR count). The summed E-state index contributed by atoms with van der Waals surface area (Å²) in [6.45, 7) is 8.62. The predicted octanol–water partition coefficient (Wildman–Crippen LogP) is 5.50. The van der Waals surface area contributed by atoms with Crippen molar-refractivity contribution in [3.8, 4) is 0 Å². The van der Waals surface area contributed by atoms with Crippen molar-refractivity contribution in [3.05, 3.63) is 77.9 Å². The molecule has 0 heterocycles. The fraction of sp³-hybridized carbons (Fsp3) is 0.333. The monoisotopic (exact) mass is 293 g/mol. The largest absolute Gasteiger partial charge is 0.321 e. The first-order valence-electron chi connectivity index (χ1n) is 8.25. The first-order chi connectivity index (χ1) is 10.6. The maximum atomic E-state index is 6.66. The fourth-order valence-corrected chi connectivity index (χ4v) is 3.12. The number of hydrogen-bond acceptors (Lipinski definition) is 1. The van der Waals surface area contributed by atoms with Crippen molar-refractivity contribution in [1.29, 1.82) is 0 Å². The van der Waals surface area contributed by atoms with Gasteiger partial charge in [0.15, 0.2) is 0 Å². The van der Waals surface area contributed by atoms with Crippen LogP contribution in [-0.4, -0.2) is 0 Å². The molecule has 0 aliphatic heterocycles. The molecule has 2 aromatic carbocycles. The topological polar surface area (TPSA) is 26.0 Å². The number of nitrogens with two attached hydrogens (primary N) is 1. The minimum atomic E-state index is -0.198. The van der Waals surface area contributed by atoms with Gasteiger partial charge in [0.2, 0.25) is 0 Å². The van der Waals surface area contributed by atoms with Crippen LogP contribution >= 0.6 is 0 Å². The van der Waals surface area contributed by atoms with Crippen molar-refractivity contribution in [2.24, 2.45) is 5.73 Å². The summed E-state index contributed by atoms with van der Waals surface area (Å²) in [5.41, 5.74) is 11.1. The molecule has 0 fully saturated rings. The smallest absolute Gasteiger partial charge is 0.0409 e. The highest BCUT2D eigenvalue weighted by molar-refractivity contribution is 5.78. The Kier molecular flexibility index (Phi) is 5.57. The molecule has 0 unspecified atom stereocenters. The lowest BCUT2D eigenvalue weighted by molar-refractivity contribution is 0.369. The van der Waals surface area contributed by atoms with Crippen molar-refractivity contribution in [3.63, 3.8) is 0 Å². The second kappa shape index (κ2) is 7.42. The Bertz CT molecular complexity index is 590. The van der Waals surface area contributed by atoms with Crippen molar-refractivity contribution in [1.82, 2.24) is 0 Å². The maximum absolute atomic E-state index is 6.66. The lowest BCUT2D eigenvalue weighted by Gasteiger charge is -2.30. The molecule has 0 saturated carbocycles. The fourth-order valence-electron chi connectivity index (χ4n) is 3.12. The van der Waals surface area contributed by atoms with E-state index in [2.05, 4.69) is 56.8 Å². The molecule has 1 heteroatoms. The van der Waals surface area contributed by atoms with Crippen LogP contribution in [0.15, 0.2) is 61.2 Å². The average molecular weight is 293 g/mol. The van der Waals surface area contributed by atoms with Crippen LogP contribution in [-0.2, 0) is 5.54 Å². The van der Waals surface area contributed by atoms with E-state index in [0.29, 0.717) is 0 Å². The van der Waals surface area contributed by atoms with Crippen LogP contribution in [0.5, 0.6) is 0 Å². The molecule has 0 atom stereocenters. The molecular weight excluding hydrogens is 266 g/mol. The van der Waals surface area contributed by atoms with E-state index < -0.39 is 0 Å². The molecule has 1 nitrogen and oxygen atoms in total. The van der Waals surface area contributed by atoms with Gasteiger partial charge in [0.05, 0.1) is 0 Å². The highest BCUT2D eigenvalue weighted by Crippen LogP contribution is 2.30. The Morgan fingerprint density at radius 3 is 1.86 bits per heavy atom. The Hall–Kier alpha value is -1.86. The van der Waals surface area contributed by atoms with E-state index in [1.807, 2.05) is 18.2 Å². The summed E-state index contributed by atoms with van der Waals surface area (Å²) in [4.78, 5) is 0. The van der Waals surface area contributed by atoms with Crippen LogP contribution in [0.1, 0.15) is 56.2 Å². The zero-order valence-electron chi connectivity index (χ0n) is 13.8. The molecule has 116 valence electrons. The van der Waals surface area contributed by atoms with Crippen molar-refractivity contribution in [2.75, 3.05) is 0 Å². The molecule has 0 saturated heterocycles. The molecule has 0 aromatic heterocycles. The first kappa shape index (κ1) is 16.5. The Morgan fingerprint density at radius 2 is 1.36 bits per heavy atom. The first-order valence-corrected chi connectivity index (χ1v) is 8.25. The molecule has 0 radical (unpaired) electrons. The van der Waals surface area contributed by atoms with Crippen molar-refractivity contribution >= 4 is 5.57 Å². The number of rotatable bonds is 7. The second-order valence-corrected chi connectivity index (χ2v) is 6.08. The quantitative estimate of drug-likeness (QED) is 0.716. The highest BCUT2D eigenvalue weighted by atomic mass is 14.7. The van der Waals surface area contributed by atoms with Crippen LogP contribution in [0, 0.1) is 0 Å². The third-order valence-corrected chi connectivity index (χ3v) is 4.32. The van der Waals surface area contributed by atoms with Crippen LogP contribution in [0.25, 0.3) is 5.57 Å². The summed E-state index contributed by atoms with van der Waals surface area (Å²) in [6.07, 6.45) is 4.27. The standard InChI is InChI=1S/C21H27N/c1-4-15-21(22,16-5-2)20-13-11-19(12-14-20)17(3)18-9-7-6-8-10-18/h6-14H,3-5,15-16,22H2,1-2H3. The van der Waals surface area contributed by atoms with Gasteiger partial charge in [-0.2, -0.15) is 0 Å². The van der Waals surface area contributed by atoms with Gasteiger partial charge >= 0.3 is 0 Å². The van der Waals surface area contributed by atoms with Gasteiger partial charge in [-0.25, -0.2) is 0 Å². The van der Waals surface area contributed by atoms with Crippen molar-refractivity contribution < 1.29 is 0 Å². The zero-order valence-corrected chi connectivity index (χ0v) is 13.8. The molecule has 2 N–H and O–H groups in total.